The Morgan fingerprint density at radius 2 is 1.42 bits per heavy atom. The van der Waals surface area contributed by atoms with Gasteiger partial charge in [0, 0.05) is 48.7 Å². The van der Waals surface area contributed by atoms with Gasteiger partial charge in [-0.3, -0.25) is 9.59 Å². The predicted molar refractivity (Wildman–Crippen MR) is 168 cm³/mol. The Hall–Kier alpha value is -4.89. The first-order valence-corrected chi connectivity index (χ1v) is 15.0. The van der Waals surface area contributed by atoms with Gasteiger partial charge in [0.05, 0.1) is 11.3 Å². The molecule has 9 heteroatoms. The molecule has 1 saturated heterocycles. The largest absolute Gasteiger partial charge is 0.431 e. The Kier molecular flexibility index (Phi) is 8.51. The van der Waals surface area contributed by atoms with Gasteiger partial charge in [0.25, 0.3) is 11.1 Å². The van der Waals surface area contributed by atoms with Crippen LogP contribution in [0.4, 0.5) is 15.8 Å². The first-order valence-electron chi connectivity index (χ1n) is 14.0. The topological polar surface area (TPSA) is 78.7 Å². The van der Waals surface area contributed by atoms with Crippen LogP contribution in [0.2, 0.25) is 0 Å². The Morgan fingerprint density at radius 3 is 2.09 bits per heavy atom. The number of aromatic nitrogens is 1. The molecule has 216 valence electrons. The molecule has 1 fully saturated rings. The van der Waals surface area contributed by atoms with E-state index in [0.29, 0.717) is 42.8 Å². The molecule has 0 bridgehead atoms. The molecule has 6 rings (SSSR count). The number of nitrogens with one attached hydrogen (secondary N) is 1. The molecule has 1 aliphatic rings. The molecular weight excluding hydrogens is 563 g/mol. The quantitative estimate of drug-likeness (QED) is 0.199. The van der Waals surface area contributed by atoms with Gasteiger partial charge in [-0.05, 0) is 36.4 Å². The number of rotatable bonds is 8. The van der Waals surface area contributed by atoms with E-state index in [2.05, 4.69) is 10.2 Å². The lowest BCUT2D eigenvalue weighted by molar-refractivity contribution is -0.113. The zero-order chi connectivity index (χ0) is 29.6. The standard InChI is InChI=1S/C34H29FN4O3S/c35-29-14-8-7-13-28(29)33(41)39-21-19-38(20-22-39)27-17-15-26(16-18-27)36-30(40)23-43-34-37-31(24-9-3-1-4-10-24)32(42-34)25-11-5-2-6-12-25/h1-18H,19-23H2,(H,36,40). The Morgan fingerprint density at radius 1 is 0.791 bits per heavy atom. The maximum absolute atomic E-state index is 14.0. The highest BCUT2D eigenvalue weighted by Crippen LogP contribution is 2.35. The molecule has 1 aromatic heterocycles. The lowest BCUT2D eigenvalue weighted by atomic mass is 10.1. The summed E-state index contributed by atoms with van der Waals surface area (Å²) in [6, 6.07) is 33.3. The number of nitrogens with zero attached hydrogens (tertiary/aromatic N) is 3. The molecule has 43 heavy (non-hydrogen) atoms. The summed E-state index contributed by atoms with van der Waals surface area (Å²) >= 11 is 1.25. The maximum Gasteiger partial charge on any atom is 0.257 e. The summed E-state index contributed by atoms with van der Waals surface area (Å²) in [7, 11) is 0. The first kappa shape index (κ1) is 28.2. The van der Waals surface area contributed by atoms with E-state index in [1.165, 1.54) is 23.9 Å². The average Bonchev–Trinajstić information content (AvgIpc) is 3.50. The average molecular weight is 593 g/mol. The second-order valence-corrected chi connectivity index (χ2v) is 11.0. The van der Waals surface area contributed by atoms with Crippen LogP contribution in [0.1, 0.15) is 10.4 Å². The molecule has 5 aromatic rings. The van der Waals surface area contributed by atoms with E-state index >= 15 is 0 Å². The van der Waals surface area contributed by atoms with Crippen molar-refractivity contribution in [2.45, 2.75) is 5.22 Å². The summed E-state index contributed by atoms with van der Waals surface area (Å²) in [6.45, 7) is 2.27. The molecule has 7 nitrogen and oxygen atoms in total. The summed E-state index contributed by atoms with van der Waals surface area (Å²) < 4.78 is 20.2. The van der Waals surface area contributed by atoms with Crippen LogP contribution in [-0.4, -0.2) is 53.6 Å². The zero-order valence-electron chi connectivity index (χ0n) is 23.3. The van der Waals surface area contributed by atoms with Gasteiger partial charge in [0.2, 0.25) is 5.91 Å². The van der Waals surface area contributed by atoms with Crippen molar-refractivity contribution in [3.05, 3.63) is 121 Å². The van der Waals surface area contributed by atoms with Crippen LogP contribution in [0.5, 0.6) is 0 Å². The summed E-state index contributed by atoms with van der Waals surface area (Å²) in [5.74, 6) is -0.143. The van der Waals surface area contributed by atoms with Gasteiger partial charge in [-0.2, -0.15) is 0 Å². The van der Waals surface area contributed by atoms with Gasteiger partial charge < -0.3 is 19.5 Å². The lowest BCUT2D eigenvalue weighted by Crippen LogP contribution is -2.49. The predicted octanol–water partition coefficient (Wildman–Crippen LogP) is 6.84. The number of amides is 2. The first-order chi connectivity index (χ1) is 21.0. The van der Waals surface area contributed by atoms with E-state index in [4.69, 9.17) is 9.40 Å². The molecule has 0 spiro atoms. The third-order valence-corrected chi connectivity index (χ3v) is 8.03. The summed E-state index contributed by atoms with van der Waals surface area (Å²) in [4.78, 5) is 34.0. The second-order valence-electron chi connectivity index (χ2n) is 10.0. The van der Waals surface area contributed by atoms with Crippen LogP contribution in [0.25, 0.3) is 22.6 Å². The van der Waals surface area contributed by atoms with E-state index in [-0.39, 0.29) is 23.1 Å². The van der Waals surface area contributed by atoms with Gasteiger partial charge in [-0.1, -0.05) is 84.6 Å². The second kappa shape index (κ2) is 13.0. The Balaban J connectivity index is 1.04. The van der Waals surface area contributed by atoms with Crippen LogP contribution in [0.3, 0.4) is 0 Å². The minimum absolute atomic E-state index is 0.102. The summed E-state index contributed by atoms with van der Waals surface area (Å²) in [5, 5.41) is 3.36. The van der Waals surface area contributed by atoms with Crippen LogP contribution < -0.4 is 10.2 Å². The van der Waals surface area contributed by atoms with Crippen LogP contribution in [0.15, 0.2) is 119 Å². The molecule has 1 aliphatic heterocycles. The molecule has 0 aliphatic carbocycles. The molecule has 2 amide bonds. The Labute approximate surface area is 253 Å². The minimum atomic E-state index is -0.500. The SMILES string of the molecule is O=C(CSc1nc(-c2ccccc2)c(-c2ccccc2)o1)Nc1ccc(N2CCN(C(=O)c3ccccc3F)CC2)cc1. The number of halogens is 1. The van der Waals surface area contributed by atoms with Crippen molar-refractivity contribution < 1.29 is 18.4 Å². The van der Waals surface area contributed by atoms with E-state index in [0.717, 1.165) is 22.5 Å². The van der Waals surface area contributed by atoms with Crippen molar-refractivity contribution in [3.8, 4) is 22.6 Å². The molecule has 1 N–H and O–H groups in total. The fourth-order valence-electron chi connectivity index (χ4n) is 4.99. The highest BCUT2D eigenvalue weighted by molar-refractivity contribution is 7.99. The number of oxazole rings is 1. The number of anilines is 2. The summed E-state index contributed by atoms with van der Waals surface area (Å²) in [6.07, 6.45) is 0. The number of thioether (sulfide) groups is 1. The highest BCUT2D eigenvalue weighted by atomic mass is 32.2. The van der Waals surface area contributed by atoms with Gasteiger partial charge in [-0.25, -0.2) is 9.37 Å². The van der Waals surface area contributed by atoms with Crippen molar-refractivity contribution in [2.24, 2.45) is 0 Å². The van der Waals surface area contributed by atoms with Crippen LogP contribution in [0, 0.1) is 5.82 Å². The van der Waals surface area contributed by atoms with Gasteiger partial charge in [0.1, 0.15) is 11.5 Å². The number of benzene rings is 4. The molecule has 0 unspecified atom stereocenters. The third kappa shape index (κ3) is 6.62. The monoisotopic (exact) mass is 592 g/mol. The Bertz CT molecular complexity index is 1650. The molecule has 0 saturated carbocycles. The maximum atomic E-state index is 14.0. The number of piperazine rings is 1. The molecule has 0 atom stereocenters. The number of carbonyl (C=O) groups is 2. The van der Waals surface area contributed by atoms with Crippen molar-refractivity contribution in [1.82, 2.24) is 9.88 Å². The fraction of sp³-hybridized carbons (Fsp3) is 0.147. The normalized spacial score (nSPS) is 13.1. The fourth-order valence-corrected chi connectivity index (χ4v) is 5.62. The van der Waals surface area contributed by atoms with Crippen molar-refractivity contribution in [3.63, 3.8) is 0 Å². The van der Waals surface area contributed by atoms with Crippen LogP contribution >= 0.6 is 11.8 Å². The van der Waals surface area contributed by atoms with E-state index < -0.39 is 5.82 Å². The van der Waals surface area contributed by atoms with E-state index in [1.54, 1.807) is 17.0 Å². The van der Waals surface area contributed by atoms with Gasteiger partial charge >= 0.3 is 0 Å². The molecule has 2 heterocycles. The molecule has 0 radical (unpaired) electrons. The van der Waals surface area contributed by atoms with Crippen molar-refractivity contribution in [2.75, 3.05) is 42.1 Å². The van der Waals surface area contributed by atoms with Crippen molar-refractivity contribution in [1.29, 1.82) is 0 Å². The lowest BCUT2D eigenvalue weighted by Gasteiger charge is -2.36. The molecular formula is C34H29FN4O3S. The third-order valence-electron chi connectivity index (χ3n) is 7.20. The van der Waals surface area contributed by atoms with Gasteiger partial charge in [0.15, 0.2) is 5.76 Å². The van der Waals surface area contributed by atoms with E-state index in [1.807, 2.05) is 84.9 Å². The minimum Gasteiger partial charge on any atom is -0.431 e. The van der Waals surface area contributed by atoms with E-state index in [9.17, 15) is 14.0 Å². The highest BCUT2D eigenvalue weighted by Gasteiger charge is 2.24. The number of hydrogen-bond acceptors (Lipinski definition) is 6. The summed E-state index contributed by atoms with van der Waals surface area (Å²) in [5.41, 5.74) is 4.38. The smallest absolute Gasteiger partial charge is 0.257 e. The van der Waals surface area contributed by atoms with Gasteiger partial charge in [-0.15, -0.1) is 0 Å². The number of carbonyl (C=O) groups excluding carboxylic acids is 2. The number of hydrogen-bond donors (Lipinski definition) is 1. The molecule has 4 aromatic carbocycles. The zero-order valence-corrected chi connectivity index (χ0v) is 24.1. The van der Waals surface area contributed by atoms with Crippen molar-refractivity contribution >= 4 is 35.0 Å². The van der Waals surface area contributed by atoms with Crippen LogP contribution in [-0.2, 0) is 4.79 Å².